The van der Waals surface area contributed by atoms with Crippen LogP contribution in [0.5, 0.6) is 0 Å². The summed E-state index contributed by atoms with van der Waals surface area (Å²) in [7, 11) is 0. The molecule has 130 valence electrons. The molecule has 3 heterocycles. The normalized spacial score (nSPS) is 11.1. The van der Waals surface area contributed by atoms with Crippen LogP contribution in [0.15, 0.2) is 41.1 Å². The largest absolute Gasteiger partial charge is 0.477 e. The molecule has 9 nitrogen and oxygen atoms in total. The molecule has 9 heteroatoms. The molecule has 0 aliphatic heterocycles. The fourth-order valence-electron chi connectivity index (χ4n) is 2.66. The number of carboxylic acid groups (broad SMARTS) is 1. The van der Waals surface area contributed by atoms with E-state index in [0.29, 0.717) is 17.0 Å². The molecule has 0 fully saturated rings. The van der Waals surface area contributed by atoms with Crippen LogP contribution in [0.4, 0.5) is 0 Å². The van der Waals surface area contributed by atoms with Gasteiger partial charge in [-0.25, -0.2) is 19.7 Å². The van der Waals surface area contributed by atoms with E-state index in [-0.39, 0.29) is 23.7 Å². The summed E-state index contributed by atoms with van der Waals surface area (Å²) in [6.45, 7) is 2.00. The Balaban J connectivity index is 1.57. The quantitative estimate of drug-likeness (QED) is 0.575. The molecular weight excluding hydrogens is 338 g/mol. The minimum Gasteiger partial charge on any atom is -0.477 e. The van der Waals surface area contributed by atoms with E-state index < -0.39 is 11.9 Å². The average molecular weight is 351 g/mol. The van der Waals surface area contributed by atoms with Crippen molar-refractivity contribution in [3.8, 4) is 0 Å². The van der Waals surface area contributed by atoms with Crippen LogP contribution in [0.3, 0.4) is 0 Å². The number of nitrogens with one attached hydrogen (secondary N) is 1. The summed E-state index contributed by atoms with van der Waals surface area (Å²) in [6.07, 6.45) is 2.90. The number of carbonyl (C=O) groups excluding carboxylic acids is 1. The van der Waals surface area contributed by atoms with E-state index >= 15 is 0 Å². The Labute approximate surface area is 146 Å². The number of aromatic carboxylic acids is 1. The maximum absolute atomic E-state index is 12.4. The lowest BCUT2D eigenvalue weighted by Crippen LogP contribution is -2.25. The van der Waals surface area contributed by atoms with E-state index in [1.807, 2.05) is 12.1 Å². The molecule has 0 saturated heterocycles. The lowest BCUT2D eigenvalue weighted by molar-refractivity contribution is 0.0688. The molecule has 26 heavy (non-hydrogen) atoms. The molecule has 0 atom stereocenters. The number of hydrogen-bond donors (Lipinski definition) is 2. The van der Waals surface area contributed by atoms with Gasteiger partial charge in [-0.3, -0.25) is 9.20 Å². The number of fused-ring (bicyclic) bond motifs is 2. The smallest absolute Gasteiger partial charge is 0.353 e. The zero-order valence-electron chi connectivity index (χ0n) is 13.6. The predicted molar refractivity (Wildman–Crippen MR) is 89.9 cm³/mol. The molecule has 1 amide bonds. The Morgan fingerprint density at radius 3 is 2.92 bits per heavy atom. The lowest BCUT2D eigenvalue weighted by atomic mass is 10.2. The molecular formula is C17H13N5O4. The molecule has 0 unspecified atom stereocenters. The van der Waals surface area contributed by atoms with Crippen molar-refractivity contribution in [3.05, 3.63) is 59.5 Å². The van der Waals surface area contributed by atoms with Gasteiger partial charge in [-0.05, 0) is 17.7 Å². The van der Waals surface area contributed by atoms with Crippen molar-refractivity contribution in [2.24, 2.45) is 0 Å². The highest BCUT2D eigenvalue weighted by Gasteiger charge is 2.16. The van der Waals surface area contributed by atoms with Gasteiger partial charge in [0.05, 0.1) is 0 Å². The fraction of sp³-hybridized carbons (Fsp3) is 0.118. The second-order valence-electron chi connectivity index (χ2n) is 5.65. The number of hydrogen-bond acceptors (Lipinski definition) is 6. The summed E-state index contributed by atoms with van der Waals surface area (Å²) >= 11 is 0. The third-order valence-corrected chi connectivity index (χ3v) is 3.84. The Kier molecular flexibility index (Phi) is 3.61. The number of benzene rings is 1. The number of imidazole rings is 1. The van der Waals surface area contributed by atoms with E-state index in [2.05, 4.69) is 20.3 Å². The Morgan fingerprint density at radius 1 is 1.27 bits per heavy atom. The molecule has 2 N–H and O–H groups in total. The first kappa shape index (κ1) is 15.8. The molecule has 0 aliphatic rings. The Bertz CT molecular complexity index is 1160. The highest BCUT2D eigenvalue weighted by Crippen LogP contribution is 2.17. The van der Waals surface area contributed by atoms with Crippen molar-refractivity contribution in [1.29, 1.82) is 0 Å². The summed E-state index contributed by atoms with van der Waals surface area (Å²) in [5, 5.41) is 12.0. The van der Waals surface area contributed by atoms with Crippen LogP contribution < -0.4 is 5.32 Å². The summed E-state index contributed by atoms with van der Waals surface area (Å²) in [6, 6.07) is 6.64. The maximum atomic E-state index is 12.4. The fourth-order valence-corrected chi connectivity index (χ4v) is 2.66. The van der Waals surface area contributed by atoms with E-state index in [1.165, 1.54) is 22.9 Å². The van der Waals surface area contributed by atoms with Crippen molar-refractivity contribution in [2.75, 3.05) is 0 Å². The van der Waals surface area contributed by atoms with Crippen LogP contribution in [-0.2, 0) is 6.54 Å². The molecule has 0 saturated carbocycles. The third kappa shape index (κ3) is 2.75. The molecule has 3 aromatic heterocycles. The van der Waals surface area contributed by atoms with E-state index in [1.54, 1.807) is 13.0 Å². The SMILES string of the molecule is Cc1nc2cc(CNC(=O)c3cc(C(=O)O)n4ccnc4n3)ccc2o1. The van der Waals surface area contributed by atoms with E-state index in [4.69, 9.17) is 4.42 Å². The van der Waals surface area contributed by atoms with Crippen LogP contribution in [0.25, 0.3) is 16.9 Å². The van der Waals surface area contributed by atoms with Gasteiger partial charge in [0.1, 0.15) is 16.9 Å². The average Bonchev–Trinajstić information content (AvgIpc) is 3.22. The number of nitrogens with zero attached hydrogens (tertiary/aromatic N) is 4. The van der Waals surface area contributed by atoms with Crippen molar-refractivity contribution in [1.82, 2.24) is 24.7 Å². The van der Waals surface area contributed by atoms with Crippen LogP contribution in [0.1, 0.15) is 32.4 Å². The number of amides is 1. The van der Waals surface area contributed by atoms with Gasteiger partial charge in [0.15, 0.2) is 11.5 Å². The van der Waals surface area contributed by atoms with Gasteiger partial charge in [-0.2, -0.15) is 0 Å². The second kappa shape index (κ2) is 5.96. The topological polar surface area (TPSA) is 123 Å². The molecule has 0 bridgehead atoms. The van der Waals surface area contributed by atoms with E-state index in [9.17, 15) is 14.7 Å². The summed E-state index contributed by atoms with van der Waals surface area (Å²) in [5.74, 6) is -0.945. The van der Waals surface area contributed by atoms with E-state index in [0.717, 1.165) is 5.56 Å². The Morgan fingerprint density at radius 2 is 2.12 bits per heavy atom. The monoisotopic (exact) mass is 351 g/mol. The standard InChI is InChI=1S/C17H13N5O4/c1-9-20-11-6-10(2-3-14(11)26-9)8-19-15(23)12-7-13(16(24)25)22-5-4-18-17(22)21-12/h2-7H,8H2,1H3,(H,19,23)(H,24,25). The van der Waals surface area contributed by atoms with Crippen molar-refractivity contribution in [2.45, 2.75) is 13.5 Å². The van der Waals surface area contributed by atoms with Gasteiger partial charge in [0, 0.05) is 31.9 Å². The second-order valence-corrected chi connectivity index (χ2v) is 5.65. The van der Waals surface area contributed by atoms with Crippen molar-refractivity contribution < 1.29 is 19.1 Å². The number of carboxylic acids is 1. The molecule has 4 rings (SSSR count). The molecule has 0 spiro atoms. The highest BCUT2D eigenvalue weighted by atomic mass is 16.4. The first-order valence-electron chi connectivity index (χ1n) is 7.73. The van der Waals surface area contributed by atoms with Crippen LogP contribution >= 0.6 is 0 Å². The first-order valence-corrected chi connectivity index (χ1v) is 7.73. The first-order chi connectivity index (χ1) is 12.5. The van der Waals surface area contributed by atoms with Gasteiger partial charge in [-0.1, -0.05) is 6.07 Å². The van der Waals surface area contributed by atoms with Gasteiger partial charge in [-0.15, -0.1) is 0 Å². The van der Waals surface area contributed by atoms with Gasteiger partial charge in [0.25, 0.3) is 5.91 Å². The number of aryl methyl sites for hydroxylation is 1. The molecule has 1 aromatic carbocycles. The summed E-state index contributed by atoms with van der Waals surface area (Å²) in [4.78, 5) is 36.1. The van der Waals surface area contributed by atoms with Gasteiger partial charge < -0.3 is 14.8 Å². The number of oxazole rings is 1. The zero-order chi connectivity index (χ0) is 18.3. The lowest BCUT2D eigenvalue weighted by Gasteiger charge is -2.07. The summed E-state index contributed by atoms with van der Waals surface area (Å²) < 4.78 is 6.72. The number of aromatic nitrogens is 4. The van der Waals surface area contributed by atoms with Gasteiger partial charge >= 0.3 is 5.97 Å². The van der Waals surface area contributed by atoms with Crippen LogP contribution in [-0.4, -0.2) is 36.3 Å². The van der Waals surface area contributed by atoms with Crippen molar-refractivity contribution >= 4 is 28.8 Å². The molecule has 0 radical (unpaired) electrons. The zero-order valence-corrected chi connectivity index (χ0v) is 13.6. The minimum absolute atomic E-state index is 0.0144. The molecule has 0 aliphatic carbocycles. The van der Waals surface area contributed by atoms with Crippen LogP contribution in [0, 0.1) is 6.92 Å². The number of rotatable bonds is 4. The van der Waals surface area contributed by atoms with Crippen molar-refractivity contribution in [3.63, 3.8) is 0 Å². The minimum atomic E-state index is -1.17. The summed E-state index contributed by atoms with van der Waals surface area (Å²) in [5.41, 5.74) is 2.12. The highest BCUT2D eigenvalue weighted by molar-refractivity contribution is 5.95. The van der Waals surface area contributed by atoms with Crippen LogP contribution in [0.2, 0.25) is 0 Å². The predicted octanol–water partition coefficient (Wildman–Crippen LogP) is 1.81. The maximum Gasteiger partial charge on any atom is 0.353 e. The van der Waals surface area contributed by atoms with Gasteiger partial charge in [0.2, 0.25) is 5.78 Å². The Hall–Kier alpha value is -3.75. The molecule has 4 aromatic rings. The number of carbonyl (C=O) groups is 2. The third-order valence-electron chi connectivity index (χ3n) is 3.84.